The number of hydrogen-bond donors (Lipinski definition) is 1. The van der Waals surface area contributed by atoms with E-state index in [9.17, 15) is 9.18 Å². The highest BCUT2D eigenvalue weighted by molar-refractivity contribution is 5.92. The van der Waals surface area contributed by atoms with Crippen LogP contribution in [0.15, 0.2) is 36.0 Å². The number of allylic oxidation sites excluding steroid dienone is 2. The first-order valence-corrected chi connectivity index (χ1v) is 5.41. The monoisotopic (exact) mass is 219 g/mol. The van der Waals surface area contributed by atoms with E-state index >= 15 is 0 Å². The largest absolute Gasteiger partial charge is 0.382 e. The number of ketones is 1. The molecule has 0 saturated heterocycles. The van der Waals surface area contributed by atoms with E-state index in [1.807, 2.05) is 13.0 Å². The molecule has 0 saturated carbocycles. The Labute approximate surface area is 94.2 Å². The summed E-state index contributed by atoms with van der Waals surface area (Å²) >= 11 is 0. The zero-order chi connectivity index (χ0) is 11.5. The normalized spacial score (nSPS) is 17.1. The first-order valence-electron chi connectivity index (χ1n) is 5.41. The molecular formula is C13H14FNO. The minimum absolute atomic E-state index is 0.113. The van der Waals surface area contributed by atoms with Gasteiger partial charge in [0.05, 0.1) is 6.04 Å². The van der Waals surface area contributed by atoms with Crippen molar-refractivity contribution in [2.45, 2.75) is 25.8 Å². The highest BCUT2D eigenvalue weighted by Gasteiger charge is 2.15. The number of rotatable bonds is 3. The smallest absolute Gasteiger partial charge is 0.157 e. The standard InChI is InChI=1S/C13H14FNO/c1-9(12-4-2-3-5-13(12)14)15-10-6-7-11(16)8-10/h2-5,8-9,15H,6-7H2,1H3. The molecule has 0 aliphatic heterocycles. The molecule has 1 unspecified atom stereocenters. The Bertz CT molecular complexity index is 439. The number of nitrogens with one attached hydrogen (secondary N) is 1. The Morgan fingerprint density at radius 1 is 1.31 bits per heavy atom. The first kappa shape index (κ1) is 10.9. The van der Waals surface area contributed by atoms with Crippen molar-refractivity contribution in [3.05, 3.63) is 47.4 Å². The van der Waals surface area contributed by atoms with Gasteiger partial charge in [-0.25, -0.2) is 4.39 Å². The van der Waals surface area contributed by atoms with Gasteiger partial charge in [-0.1, -0.05) is 18.2 Å². The first-order chi connectivity index (χ1) is 7.66. The fourth-order valence-corrected chi connectivity index (χ4v) is 1.89. The molecule has 1 atom stereocenters. The predicted molar refractivity (Wildman–Crippen MR) is 60.3 cm³/mol. The Morgan fingerprint density at radius 2 is 2.06 bits per heavy atom. The third kappa shape index (κ3) is 2.30. The summed E-state index contributed by atoms with van der Waals surface area (Å²) in [5.41, 5.74) is 1.53. The summed E-state index contributed by atoms with van der Waals surface area (Å²) in [5.74, 6) is -0.0735. The summed E-state index contributed by atoms with van der Waals surface area (Å²) in [7, 11) is 0. The summed E-state index contributed by atoms with van der Waals surface area (Å²) < 4.78 is 13.5. The molecule has 0 spiro atoms. The molecule has 1 aromatic rings. The molecule has 0 fully saturated rings. The third-order valence-electron chi connectivity index (χ3n) is 2.75. The minimum Gasteiger partial charge on any atom is -0.382 e. The van der Waals surface area contributed by atoms with Gasteiger partial charge in [-0.05, 0) is 19.4 Å². The highest BCUT2D eigenvalue weighted by Crippen LogP contribution is 2.20. The quantitative estimate of drug-likeness (QED) is 0.846. The highest BCUT2D eigenvalue weighted by atomic mass is 19.1. The fourth-order valence-electron chi connectivity index (χ4n) is 1.89. The lowest BCUT2D eigenvalue weighted by atomic mass is 10.1. The van der Waals surface area contributed by atoms with E-state index in [2.05, 4.69) is 5.32 Å². The molecule has 0 bridgehead atoms. The summed E-state index contributed by atoms with van der Waals surface area (Å²) in [5, 5.41) is 3.17. The fraction of sp³-hybridized carbons (Fsp3) is 0.308. The zero-order valence-electron chi connectivity index (χ0n) is 9.16. The predicted octanol–water partition coefficient (Wildman–Crippen LogP) is 2.72. The molecule has 16 heavy (non-hydrogen) atoms. The van der Waals surface area contributed by atoms with Crippen LogP contribution in [0.5, 0.6) is 0 Å². The summed E-state index contributed by atoms with van der Waals surface area (Å²) in [6.45, 7) is 1.89. The average Bonchev–Trinajstić information content (AvgIpc) is 2.64. The van der Waals surface area contributed by atoms with E-state index in [-0.39, 0.29) is 17.6 Å². The van der Waals surface area contributed by atoms with E-state index in [0.29, 0.717) is 12.0 Å². The third-order valence-corrected chi connectivity index (χ3v) is 2.75. The molecule has 1 aliphatic rings. The van der Waals surface area contributed by atoms with Gasteiger partial charge >= 0.3 is 0 Å². The molecule has 1 N–H and O–H groups in total. The Balaban J connectivity index is 2.09. The maximum absolute atomic E-state index is 13.5. The number of carbonyl (C=O) groups excluding carboxylic acids is 1. The number of benzene rings is 1. The van der Waals surface area contributed by atoms with Gasteiger partial charge in [-0.3, -0.25) is 4.79 Å². The van der Waals surface area contributed by atoms with Crippen molar-refractivity contribution < 1.29 is 9.18 Å². The minimum atomic E-state index is -0.215. The molecule has 84 valence electrons. The number of carbonyl (C=O) groups is 1. The maximum Gasteiger partial charge on any atom is 0.157 e. The molecule has 1 aliphatic carbocycles. The maximum atomic E-state index is 13.5. The van der Waals surface area contributed by atoms with Crippen molar-refractivity contribution >= 4 is 5.78 Å². The van der Waals surface area contributed by atoms with E-state index in [0.717, 1.165) is 12.1 Å². The van der Waals surface area contributed by atoms with Crippen LogP contribution in [-0.2, 0) is 4.79 Å². The SMILES string of the molecule is CC(NC1=CC(=O)CC1)c1ccccc1F. The van der Waals surface area contributed by atoms with E-state index < -0.39 is 0 Å². The van der Waals surface area contributed by atoms with E-state index in [1.54, 1.807) is 18.2 Å². The van der Waals surface area contributed by atoms with Crippen LogP contribution in [0.4, 0.5) is 4.39 Å². The second-order valence-electron chi connectivity index (χ2n) is 4.02. The molecule has 1 aromatic carbocycles. The van der Waals surface area contributed by atoms with Crippen LogP contribution in [0.1, 0.15) is 31.4 Å². The van der Waals surface area contributed by atoms with Gasteiger partial charge in [-0.2, -0.15) is 0 Å². The zero-order valence-corrected chi connectivity index (χ0v) is 9.16. The van der Waals surface area contributed by atoms with E-state index in [4.69, 9.17) is 0 Å². The Kier molecular flexibility index (Phi) is 3.04. The summed E-state index contributed by atoms with van der Waals surface area (Å²) in [6, 6.07) is 6.57. The number of halogens is 1. The topological polar surface area (TPSA) is 29.1 Å². The van der Waals surface area contributed by atoms with Gasteiger partial charge in [0.1, 0.15) is 5.82 Å². The molecule has 3 heteroatoms. The van der Waals surface area contributed by atoms with E-state index in [1.165, 1.54) is 6.07 Å². The van der Waals surface area contributed by atoms with Crippen LogP contribution >= 0.6 is 0 Å². The van der Waals surface area contributed by atoms with Gasteiger partial charge in [-0.15, -0.1) is 0 Å². The molecule has 0 aromatic heterocycles. The van der Waals surface area contributed by atoms with Gasteiger partial charge in [0.15, 0.2) is 5.78 Å². The van der Waals surface area contributed by atoms with Crippen LogP contribution in [-0.4, -0.2) is 5.78 Å². The summed E-state index contributed by atoms with van der Waals surface area (Å²) in [4.78, 5) is 11.0. The molecule has 0 heterocycles. The van der Waals surface area contributed by atoms with Crippen molar-refractivity contribution in [1.29, 1.82) is 0 Å². The van der Waals surface area contributed by atoms with Crippen molar-refractivity contribution in [3.8, 4) is 0 Å². The van der Waals surface area contributed by atoms with Crippen LogP contribution < -0.4 is 5.32 Å². The Morgan fingerprint density at radius 3 is 2.69 bits per heavy atom. The number of hydrogen-bond acceptors (Lipinski definition) is 2. The second-order valence-corrected chi connectivity index (χ2v) is 4.02. The Hall–Kier alpha value is -1.64. The van der Waals surface area contributed by atoms with Crippen LogP contribution in [0, 0.1) is 5.82 Å². The van der Waals surface area contributed by atoms with Crippen LogP contribution in [0.25, 0.3) is 0 Å². The van der Waals surface area contributed by atoms with Crippen molar-refractivity contribution in [1.82, 2.24) is 5.32 Å². The molecule has 2 nitrogen and oxygen atoms in total. The lowest BCUT2D eigenvalue weighted by Crippen LogP contribution is -2.18. The van der Waals surface area contributed by atoms with Crippen LogP contribution in [0.3, 0.4) is 0 Å². The second kappa shape index (κ2) is 4.47. The van der Waals surface area contributed by atoms with Crippen molar-refractivity contribution in [2.24, 2.45) is 0 Å². The molecular weight excluding hydrogens is 205 g/mol. The van der Waals surface area contributed by atoms with Gasteiger partial charge in [0, 0.05) is 23.8 Å². The average molecular weight is 219 g/mol. The van der Waals surface area contributed by atoms with Gasteiger partial charge in [0.2, 0.25) is 0 Å². The van der Waals surface area contributed by atoms with Crippen molar-refractivity contribution in [3.63, 3.8) is 0 Å². The van der Waals surface area contributed by atoms with Crippen LogP contribution in [0.2, 0.25) is 0 Å². The van der Waals surface area contributed by atoms with Gasteiger partial charge < -0.3 is 5.32 Å². The molecule has 0 amide bonds. The van der Waals surface area contributed by atoms with Crippen molar-refractivity contribution in [2.75, 3.05) is 0 Å². The summed E-state index contributed by atoms with van der Waals surface area (Å²) in [6.07, 6.45) is 2.90. The van der Waals surface area contributed by atoms with Gasteiger partial charge in [0.25, 0.3) is 0 Å². The molecule has 0 radical (unpaired) electrons. The lowest BCUT2D eigenvalue weighted by molar-refractivity contribution is -0.114. The lowest BCUT2D eigenvalue weighted by Gasteiger charge is -2.16. The molecule has 2 rings (SSSR count).